The van der Waals surface area contributed by atoms with Crippen molar-refractivity contribution in [2.45, 2.75) is 11.3 Å². The number of rotatable bonds is 9. The summed E-state index contributed by atoms with van der Waals surface area (Å²) in [6, 6.07) is 9.06. The van der Waals surface area contributed by atoms with Crippen LogP contribution in [-0.2, 0) is 14.8 Å². The number of halogens is 2. The van der Waals surface area contributed by atoms with Crippen LogP contribution in [0.1, 0.15) is 16.8 Å². The van der Waals surface area contributed by atoms with Gasteiger partial charge in [0.05, 0.1) is 9.92 Å². The largest absolute Gasteiger partial charge is 0.484 e. The molecule has 0 spiro atoms. The second-order valence-corrected chi connectivity index (χ2v) is 8.06. The molecule has 0 saturated carbocycles. The number of amides is 2. The van der Waals surface area contributed by atoms with Gasteiger partial charge in [-0.1, -0.05) is 24.2 Å². The fourth-order valence-corrected chi connectivity index (χ4v) is 2.91. The molecular weight excluding hydrogens is 437 g/mol. The molecule has 0 bridgehead atoms. The fourth-order valence-electron chi connectivity index (χ4n) is 2.23. The summed E-state index contributed by atoms with van der Waals surface area (Å²) in [6.07, 6.45) is 0.224. The van der Waals surface area contributed by atoms with Gasteiger partial charge in [-0.25, -0.2) is 17.9 Å². The molecule has 0 radical (unpaired) electrons. The molecule has 2 aromatic carbocycles. The molecular formula is C19H19ClFN3O5S. The Labute approximate surface area is 177 Å². The monoisotopic (exact) mass is 455 g/mol. The maximum absolute atomic E-state index is 13.3. The van der Waals surface area contributed by atoms with Crippen LogP contribution in [0.25, 0.3) is 0 Å². The summed E-state index contributed by atoms with van der Waals surface area (Å²) in [7, 11) is -3.93. The van der Waals surface area contributed by atoms with Gasteiger partial charge in [0.1, 0.15) is 11.6 Å². The fraction of sp³-hybridized carbons (Fsp3) is 0.158. The van der Waals surface area contributed by atoms with Crippen molar-refractivity contribution < 1.29 is 27.1 Å². The second kappa shape index (κ2) is 10.2. The van der Waals surface area contributed by atoms with Gasteiger partial charge in [-0.15, -0.1) is 0 Å². The molecule has 0 heterocycles. The van der Waals surface area contributed by atoms with Gasteiger partial charge in [-0.3, -0.25) is 9.59 Å². The molecule has 2 aromatic rings. The van der Waals surface area contributed by atoms with Gasteiger partial charge < -0.3 is 15.4 Å². The van der Waals surface area contributed by atoms with E-state index in [0.29, 0.717) is 5.70 Å². The van der Waals surface area contributed by atoms with E-state index < -0.39 is 27.7 Å². The Kier molecular flexibility index (Phi) is 7.93. The van der Waals surface area contributed by atoms with Crippen LogP contribution in [0.15, 0.2) is 59.6 Å². The Balaban J connectivity index is 1.75. The van der Waals surface area contributed by atoms with Gasteiger partial charge in [-0.2, -0.15) is 0 Å². The van der Waals surface area contributed by atoms with E-state index in [2.05, 4.69) is 17.2 Å². The van der Waals surface area contributed by atoms with E-state index in [4.69, 9.17) is 21.5 Å². The maximum Gasteiger partial charge on any atom is 0.257 e. The number of primary sulfonamides is 1. The zero-order valence-corrected chi connectivity index (χ0v) is 17.2. The van der Waals surface area contributed by atoms with E-state index in [9.17, 15) is 22.4 Å². The van der Waals surface area contributed by atoms with E-state index in [0.717, 1.165) is 12.1 Å². The number of benzene rings is 2. The zero-order valence-electron chi connectivity index (χ0n) is 15.7. The Morgan fingerprint density at radius 2 is 1.93 bits per heavy atom. The van der Waals surface area contributed by atoms with E-state index in [1.54, 1.807) is 0 Å². The summed E-state index contributed by atoms with van der Waals surface area (Å²) < 4.78 is 41.2. The molecule has 4 N–H and O–H groups in total. The summed E-state index contributed by atoms with van der Waals surface area (Å²) >= 11 is 5.56. The Bertz CT molecular complexity index is 1080. The molecule has 0 unspecified atom stereocenters. The lowest BCUT2D eigenvalue weighted by Crippen LogP contribution is -2.31. The smallest absolute Gasteiger partial charge is 0.257 e. The number of sulfonamides is 1. The number of hydrogen-bond acceptors (Lipinski definition) is 5. The van der Waals surface area contributed by atoms with Crippen LogP contribution < -0.4 is 20.5 Å². The van der Waals surface area contributed by atoms with Crippen molar-refractivity contribution in [3.8, 4) is 5.75 Å². The lowest BCUT2D eigenvalue weighted by atomic mass is 10.2. The molecule has 0 aromatic heterocycles. The zero-order chi connectivity index (χ0) is 22.3. The lowest BCUT2D eigenvalue weighted by Gasteiger charge is -2.11. The first kappa shape index (κ1) is 23.3. The van der Waals surface area contributed by atoms with Gasteiger partial charge in [0.15, 0.2) is 6.61 Å². The van der Waals surface area contributed by atoms with Crippen LogP contribution in [0.4, 0.5) is 4.39 Å². The highest BCUT2D eigenvalue weighted by Crippen LogP contribution is 2.20. The van der Waals surface area contributed by atoms with Gasteiger partial charge in [0, 0.05) is 30.3 Å². The first-order valence-electron chi connectivity index (χ1n) is 8.53. The minimum Gasteiger partial charge on any atom is -0.484 e. The molecule has 0 atom stereocenters. The van der Waals surface area contributed by atoms with Crippen LogP contribution in [0.2, 0.25) is 5.02 Å². The van der Waals surface area contributed by atoms with Crippen LogP contribution in [0, 0.1) is 5.82 Å². The van der Waals surface area contributed by atoms with E-state index in [1.807, 2.05) is 0 Å². The van der Waals surface area contributed by atoms with Crippen molar-refractivity contribution in [3.05, 3.63) is 71.1 Å². The van der Waals surface area contributed by atoms with Gasteiger partial charge in [0.2, 0.25) is 10.0 Å². The first-order chi connectivity index (χ1) is 14.1. The predicted octanol–water partition coefficient (Wildman–Crippen LogP) is 1.96. The van der Waals surface area contributed by atoms with E-state index in [-0.39, 0.29) is 40.8 Å². The summed E-state index contributed by atoms with van der Waals surface area (Å²) in [4.78, 5) is 23.8. The minimum absolute atomic E-state index is 0.0521. The summed E-state index contributed by atoms with van der Waals surface area (Å²) in [6.45, 7) is 3.52. The topological polar surface area (TPSA) is 128 Å². The number of carbonyl (C=O) groups excluding carboxylic acids is 2. The molecule has 2 amide bonds. The van der Waals surface area contributed by atoms with Crippen molar-refractivity contribution in [1.82, 2.24) is 10.6 Å². The van der Waals surface area contributed by atoms with Gasteiger partial charge in [-0.05, 0) is 30.3 Å². The van der Waals surface area contributed by atoms with E-state index >= 15 is 0 Å². The van der Waals surface area contributed by atoms with Crippen molar-refractivity contribution in [2.75, 3.05) is 13.2 Å². The van der Waals surface area contributed by atoms with Crippen LogP contribution in [0.3, 0.4) is 0 Å². The van der Waals surface area contributed by atoms with Crippen LogP contribution >= 0.6 is 11.6 Å². The summed E-state index contributed by atoms with van der Waals surface area (Å²) in [5.74, 6) is -1.52. The van der Waals surface area contributed by atoms with E-state index in [1.165, 1.54) is 30.3 Å². The van der Waals surface area contributed by atoms with Crippen LogP contribution in [0.5, 0.6) is 5.75 Å². The third-order valence-electron chi connectivity index (χ3n) is 3.73. The number of nitrogens with one attached hydrogen (secondary N) is 2. The molecule has 0 aliphatic carbocycles. The molecule has 160 valence electrons. The molecule has 0 saturated heterocycles. The van der Waals surface area contributed by atoms with Crippen molar-refractivity contribution >= 4 is 33.4 Å². The highest BCUT2D eigenvalue weighted by atomic mass is 35.5. The molecule has 8 nitrogen and oxygen atoms in total. The Morgan fingerprint density at radius 1 is 1.20 bits per heavy atom. The third kappa shape index (κ3) is 7.14. The highest BCUT2D eigenvalue weighted by molar-refractivity contribution is 7.89. The quantitative estimate of drug-likeness (QED) is 0.532. The molecule has 0 aliphatic heterocycles. The Morgan fingerprint density at radius 3 is 2.60 bits per heavy atom. The van der Waals surface area contributed by atoms with Crippen LogP contribution in [-0.4, -0.2) is 33.4 Å². The van der Waals surface area contributed by atoms with Gasteiger partial charge in [0.25, 0.3) is 11.8 Å². The third-order valence-corrected chi connectivity index (χ3v) is 4.94. The van der Waals surface area contributed by atoms with Crippen molar-refractivity contribution in [3.63, 3.8) is 0 Å². The maximum atomic E-state index is 13.3. The number of nitrogens with two attached hydrogens (primary N) is 1. The molecule has 0 aliphatic rings. The van der Waals surface area contributed by atoms with Gasteiger partial charge >= 0.3 is 0 Å². The van der Waals surface area contributed by atoms with Crippen molar-refractivity contribution in [2.24, 2.45) is 5.14 Å². The summed E-state index contributed by atoms with van der Waals surface area (Å²) in [5.41, 5.74) is 0.400. The first-order valence-corrected chi connectivity index (χ1v) is 10.5. The SMILES string of the molecule is C=C(CCNC(=O)COc1ccc(Cl)c(F)c1)NC(=O)c1cccc(S(N)(=O)=O)c1. The standard InChI is InChI=1S/C19H19ClFN3O5S/c1-12(24-19(26)13-3-2-4-15(9-13)30(22,27)28)7-8-23-18(25)11-29-14-5-6-16(20)17(21)10-14/h2-6,9-10H,1,7-8,11H2,(H,23,25)(H,24,26)(H2,22,27,28). The summed E-state index contributed by atoms with van der Waals surface area (Å²) in [5, 5.41) is 10.1. The minimum atomic E-state index is -3.93. The average Bonchev–Trinajstić information content (AvgIpc) is 2.68. The molecule has 2 rings (SSSR count). The number of hydrogen-bond donors (Lipinski definition) is 3. The predicted molar refractivity (Wildman–Crippen MR) is 109 cm³/mol. The highest BCUT2D eigenvalue weighted by Gasteiger charge is 2.13. The van der Waals surface area contributed by atoms with Crippen molar-refractivity contribution in [1.29, 1.82) is 0 Å². The lowest BCUT2D eigenvalue weighted by molar-refractivity contribution is -0.123. The second-order valence-electron chi connectivity index (χ2n) is 6.10. The molecule has 11 heteroatoms. The molecule has 0 fully saturated rings. The number of ether oxygens (including phenoxy) is 1. The Hall–Kier alpha value is -2.95. The normalized spacial score (nSPS) is 10.9. The number of carbonyl (C=O) groups is 2. The molecule has 30 heavy (non-hydrogen) atoms. The average molecular weight is 456 g/mol.